The highest BCUT2D eigenvalue weighted by molar-refractivity contribution is 6.42. The number of hydrogen-bond acceptors (Lipinski definition) is 4. The standard InChI is InChI=1S/C16H22Cl2N2O4/c1-23-6-5-19-8-11-7-10(9-20(11)16(21)22)14-13(24-2)4-3-12(17)15(14)18/h3-4,10-11,19H,5-9H2,1-2H3,(H,21,22)/t10-,11-/m0/s1. The first-order valence-electron chi connectivity index (χ1n) is 7.70. The van der Waals surface area contributed by atoms with Gasteiger partial charge in [-0.05, 0) is 18.6 Å². The molecule has 0 bridgehead atoms. The van der Waals surface area contributed by atoms with Crippen LogP contribution in [0, 0.1) is 0 Å². The van der Waals surface area contributed by atoms with Crippen LogP contribution in [0.4, 0.5) is 4.79 Å². The van der Waals surface area contributed by atoms with E-state index in [9.17, 15) is 9.90 Å². The fourth-order valence-electron chi connectivity index (χ4n) is 3.10. The van der Waals surface area contributed by atoms with Crippen LogP contribution >= 0.6 is 23.2 Å². The minimum atomic E-state index is -0.937. The van der Waals surface area contributed by atoms with E-state index in [1.54, 1.807) is 26.4 Å². The molecule has 0 aliphatic carbocycles. The van der Waals surface area contributed by atoms with Crippen molar-refractivity contribution in [1.82, 2.24) is 10.2 Å². The van der Waals surface area contributed by atoms with Gasteiger partial charge in [0.2, 0.25) is 0 Å². The molecule has 8 heteroatoms. The minimum Gasteiger partial charge on any atom is -0.496 e. The summed E-state index contributed by atoms with van der Waals surface area (Å²) in [6.45, 7) is 2.18. The highest BCUT2D eigenvalue weighted by atomic mass is 35.5. The Balaban J connectivity index is 2.18. The summed E-state index contributed by atoms with van der Waals surface area (Å²) in [5.74, 6) is 0.573. The predicted molar refractivity (Wildman–Crippen MR) is 93.6 cm³/mol. The number of hydrogen-bond donors (Lipinski definition) is 2. The Morgan fingerprint density at radius 3 is 2.79 bits per heavy atom. The highest BCUT2D eigenvalue weighted by Gasteiger charge is 2.38. The van der Waals surface area contributed by atoms with Crippen molar-refractivity contribution in [3.63, 3.8) is 0 Å². The molecule has 1 aliphatic heterocycles. The first-order valence-corrected chi connectivity index (χ1v) is 8.46. The molecule has 1 aromatic rings. The average molecular weight is 377 g/mol. The third-order valence-corrected chi connectivity index (χ3v) is 5.06. The number of amides is 1. The molecule has 2 atom stereocenters. The molecule has 0 saturated carbocycles. The number of halogens is 2. The van der Waals surface area contributed by atoms with Crippen molar-refractivity contribution in [3.8, 4) is 5.75 Å². The summed E-state index contributed by atoms with van der Waals surface area (Å²) >= 11 is 12.5. The van der Waals surface area contributed by atoms with Crippen molar-refractivity contribution >= 4 is 29.3 Å². The largest absolute Gasteiger partial charge is 0.496 e. The molecule has 1 aromatic carbocycles. The lowest BCUT2D eigenvalue weighted by Crippen LogP contribution is -2.41. The topological polar surface area (TPSA) is 71.0 Å². The average Bonchev–Trinajstić information content (AvgIpc) is 2.98. The summed E-state index contributed by atoms with van der Waals surface area (Å²) in [6.07, 6.45) is -0.281. The smallest absolute Gasteiger partial charge is 0.407 e. The van der Waals surface area contributed by atoms with E-state index >= 15 is 0 Å². The van der Waals surface area contributed by atoms with Gasteiger partial charge in [0.15, 0.2) is 0 Å². The van der Waals surface area contributed by atoms with Crippen LogP contribution in [-0.2, 0) is 4.74 Å². The summed E-state index contributed by atoms with van der Waals surface area (Å²) in [4.78, 5) is 13.0. The molecule has 2 rings (SSSR count). The molecular formula is C16H22Cl2N2O4. The van der Waals surface area contributed by atoms with Gasteiger partial charge in [-0.3, -0.25) is 0 Å². The van der Waals surface area contributed by atoms with Gasteiger partial charge in [0.25, 0.3) is 0 Å². The maximum atomic E-state index is 11.6. The molecule has 1 saturated heterocycles. The van der Waals surface area contributed by atoms with Gasteiger partial charge < -0.3 is 24.8 Å². The van der Waals surface area contributed by atoms with Crippen molar-refractivity contribution < 1.29 is 19.4 Å². The highest BCUT2D eigenvalue weighted by Crippen LogP contribution is 2.43. The number of nitrogens with zero attached hydrogens (tertiary/aromatic N) is 1. The summed E-state index contributed by atoms with van der Waals surface area (Å²) in [7, 11) is 3.20. The number of likely N-dealkylation sites (tertiary alicyclic amines) is 1. The van der Waals surface area contributed by atoms with Gasteiger partial charge in [-0.1, -0.05) is 23.2 Å². The maximum Gasteiger partial charge on any atom is 0.407 e. The lowest BCUT2D eigenvalue weighted by atomic mass is 9.95. The van der Waals surface area contributed by atoms with Gasteiger partial charge in [-0.2, -0.15) is 0 Å². The normalized spacial score (nSPS) is 20.4. The fourth-order valence-corrected chi connectivity index (χ4v) is 3.58. The molecule has 1 fully saturated rings. The Labute approximate surface area is 151 Å². The Kier molecular flexibility index (Phi) is 6.98. The molecule has 2 N–H and O–H groups in total. The summed E-state index contributed by atoms with van der Waals surface area (Å²) < 4.78 is 10.4. The van der Waals surface area contributed by atoms with E-state index in [4.69, 9.17) is 32.7 Å². The first-order chi connectivity index (χ1) is 11.5. The van der Waals surface area contributed by atoms with Gasteiger partial charge in [0.05, 0.1) is 23.8 Å². The molecule has 6 nitrogen and oxygen atoms in total. The molecule has 1 amide bonds. The monoisotopic (exact) mass is 376 g/mol. The molecular weight excluding hydrogens is 355 g/mol. The van der Waals surface area contributed by atoms with E-state index in [1.165, 1.54) is 4.90 Å². The molecule has 134 valence electrons. The molecule has 0 unspecified atom stereocenters. The number of carboxylic acid groups (broad SMARTS) is 1. The number of rotatable bonds is 7. The molecule has 0 spiro atoms. The van der Waals surface area contributed by atoms with Gasteiger partial charge >= 0.3 is 6.09 Å². The fraction of sp³-hybridized carbons (Fsp3) is 0.562. The van der Waals surface area contributed by atoms with Gasteiger partial charge in [0, 0.05) is 44.3 Å². The number of methoxy groups -OCH3 is 2. The number of carbonyl (C=O) groups is 1. The number of benzene rings is 1. The van der Waals surface area contributed by atoms with Crippen LogP contribution in [0.5, 0.6) is 5.75 Å². The van der Waals surface area contributed by atoms with Crippen molar-refractivity contribution in [3.05, 3.63) is 27.7 Å². The zero-order valence-corrected chi connectivity index (χ0v) is 15.2. The van der Waals surface area contributed by atoms with E-state index in [0.29, 0.717) is 48.5 Å². The summed E-state index contributed by atoms with van der Waals surface area (Å²) in [6, 6.07) is 3.31. The van der Waals surface area contributed by atoms with E-state index in [0.717, 1.165) is 5.56 Å². The second-order valence-electron chi connectivity index (χ2n) is 5.70. The molecule has 24 heavy (non-hydrogen) atoms. The SMILES string of the molecule is COCCNC[C@@H]1C[C@H](c2c(OC)ccc(Cl)c2Cl)CN1C(=O)O. The van der Waals surface area contributed by atoms with Gasteiger partial charge in [-0.15, -0.1) is 0 Å². The summed E-state index contributed by atoms with van der Waals surface area (Å²) in [5.41, 5.74) is 0.775. The van der Waals surface area contributed by atoms with Crippen LogP contribution in [0.1, 0.15) is 17.9 Å². The maximum absolute atomic E-state index is 11.6. The quantitative estimate of drug-likeness (QED) is 0.715. The molecule has 1 heterocycles. The van der Waals surface area contributed by atoms with E-state index in [-0.39, 0.29) is 12.0 Å². The molecule has 0 radical (unpaired) electrons. The summed E-state index contributed by atoms with van der Waals surface area (Å²) in [5, 5.41) is 13.6. The van der Waals surface area contributed by atoms with Gasteiger partial charge in [0.1, 0.15) is 5.75 Å². The zero-order valence-electron chi connectivity index (χ0n) is 13.7. The minimum absolute atomic E-state index is 0.0588. The van der Waals surface area contributed by atoms with Gasteiger partial charge in [-0.25, -0.2) is 4.79 Å². The van der Waals surface area contributed by atoms with E-state index in [2.05, 4.69) is 5.32 Å². The Bertz CT molecular complexity index is 585. The second kappa shape index (κ2) is 8.76. The first kappa shape index (κ1) is 19.1. The van der Waals surface area contributed by atoms with Crippen molar-refractivity contribution in [2.75, 3.05) is 40.5 Å². The van der Waals surface area contributed by atoms with Crippen LogP contribution < -0.4 is 10.1 Å². The molecule has 1 aliphatic rings. The van der Waals surface area contributed by atoms with Crippen LogP contribution in [-0.4, -0.2) is 62.6 Å². The third-order valence-electron chi connectivity index (χ3n) is 4.24. The van der Waals surface area contributed by atoms with E-state index < -0.39 is 6.09 Å². The molecule has 0 aromatic heterocycles. The van der Waals surface area contributed by atoms with Crippen LogP contribution in [0.25, 0.3) is 0 Å². The van der Waals surface area contributed by atoms with Crippen molar-refractivity contribution in [2.24, 2.45) is 0 Å². The number of ether oxygens (including phenoxy) is 2. The Hall–Kier alpha value is -1.21. The zero-order chi connectivity index (χ0) is 17.7. The predicted octanol–water partition coefficient (Wildman–Crippen LogP) is 3.07. The third kappa shape index (κ3) is 4.25. The lowest BCUT2D eigenvalue weighted by Gasteiger charge is -2.21. The number of nitrogens with one attached hydrogen (secondary N) is 1. The van der Waals surface area contributed by atoms with Crippen LogP contribution in [0.3, 0.4) is 0 Å². The van der Waals surface area contributed by atoms with E-state index in [1.807, 2.05) is 0 Å². The van der Waals surface area contributed by atoms with Crippen LogP contribution in [0.15, 0.2) is 12.1 Å². The van der Waals surface area contributed by atoms with Crippen molar-refractivity contribution in [2.45, 2.75) is 18.4 Å². The van der Waals surface area contributed by atoms with Crippen molar-refractivity contribution in [1.29, 1.82) is 0 Å². The van der Waals surface area contributed by atoms with Crippen LogP contribution in [0.2, 0.25) is 10.0 Å². The Morgan fingerprint density at radius 1 is 1.42 bits per heavy atom. The Morgan fingerprint density at radius 2 is 2.17 bits per heavy atom. The lowest BCUT2D eigenvalue weighted by molar-refractivity contribution is 0.138. The second-order valence-corrected chi connectivity index (χ2v) is 6.48.